The standard InChI is InChI=1S/C25H18Cl2FN3O3S/c26-18-4-1-16-12-19(5-2-15(16)11-18)35(33,34)30-23-8-10-31(25(23)32)24-6-3-17(13-22(24)28)20-7-9-29-14-21(20)27/h1-7,9,11-14,23,30H,8,10H2. The third-order valence-electron chi connectivity index (χ3n) is 5.91. The van der Waals surface area contributed by atoms with Crippen LogP contribution in [0.2, 0.25) is 10.0 Å². The average molecular weight is 530 g/mol. The van der Waals surface area contributed by atoms with Gasteiger partial charge in [0.2, 0.25) is 15.9 Å². The molecule has 3 aromatic carbocycles. The first-order valence-electron chi connectivity index (χ1n) is 10.7. The van der Waals surface area contributed by atoms with Crippen LogP contribution in [0.4, 0.5) is 10.1 Å². The zero-order chi connectivity index (χ0) is 24.7. The molecule has 1 aromatic heterocycles. The quantitative estimate of drug-likeness (QED) is 0.373. The van der Waals surface area contributed by atoms with Crippen LogP contribution < -0.4 is 9.62 Å². The fraction of sp³-hybridized carbons (Fsp3) is 0.120. The molecule has 1 N–H and O–H groups in total. The van der Waals surface area contributed by atoms with Crippen LogP contribution in [0.1, 0.15) is 6.42 Å². The van der Waals surface area contributed by atoms with Crippen molar-refractivity contribution in [2.24, 2.45) is 0 Å². The van der Waals surface area contributed by atoms with Crippen LogP contribution >= 0.6 is 23.2 Å². The summed E-state index contributed by atoms with van der Waals surface area (Å²) in [4.78, 5) is 18.2. The molecule has 1 aliphatic heterocycles. The number of carbonyl (C=O) groups is 1. The van der Waals surface area contributed by atoms with Crippen molar-refractivity contribution in [2.45, 2.75) is 17.4 Å². The number of sulfonamides is 1. The van der Waals surface area contributed by atoms with E-state index < -0.39 is 27.8 Å². The topological polar surface area (TPSA) is 79.4 Å². The third-order valence-corrected chi connectivity index (χ3v) is 7.91. The number of fused-ring (bicyclic) bond motifs is 1. The molecule has 0 saturated carbocycles. The van der Waals surface area contributed by atoms with Gasteiger partial charge in [-0.05, 0) is 65.2 Å². The van der Waals surface area contributed by atoms with Gasteiger partial charge in [-0.2, -0.15) is 4.72 Å². The summed E-state index contributed by atoms with van der Waals surface area (Å²) in [5.74, 6) is -1.13. The molecule has 0 aliphatic carbocycles. The number of amides is 1. The SMILES string of the molecule is O=C1C(NS(=O)(=O)c2ccc3cc(Cl)ccc3c2)CCN1c1ccc(-c2ccncc2Cl)cc1F. The molecule has 1 amide bonds. The predicted molar refractivity (Wildman–Crippen MR) is 135 cm³/mol. The lowest BCUT2D eigenvalue weighted by Crippen LogP contribution is -2.41. The van der Waals surface area contributed by atoms with Crippen molar-refractivity contribution in [1.82, 2.24) is 9.71 Å². The van der Waals surface area contributed by atoms with Crippen LogP contribution in [-0.4, -0.2) is 31.9 Å². The van der Waals surface area contributed by atoms with E-state index in [1.807, 2.05) is 0 Å². The second-order valence-electron chi connectivity index (χ2n) is 8.13. The fourth-order valence-electron chi connectivity index (χ4n) is 4.15. The minimum Gasteiger partial charge on any atom is -0.308 e. The van der Waals surface area contributed by atoms with Crippen LogP contribution in [0.5, 0.6) is 0 Å². The lowest BCUT2D eigenvalue weighted by atomic mass is 10.1. The summed E-state index contributed by atoms with van der Waals surface area (Å²) in [6, 6.07) is 14.9. The molecule has 178 valence electrons. The molecular weight excluding hydrogens is 512 g/mol. The van der Waals surface area contributed by atoms with E-state index >= 15 is 0 Å². The first kappa shape index (κ1) is 23.7. The molecule has 5 rings (SSSR count). The van der Waals surface area contributed by atoms with Crippen molar-refractivity contribution in [3.8, 4) is 11.1 Å². The second-order valence-corrected chi connectivity index (χ2v) is 10.7. The number of benzene rings is 3. The Morgan fingerprint density at radius 2 is 1.77 bits per heavy atom. The maximum atomic E-state index is 15.0. The largest absolute Gasteiger partial charge is 0.308 e. The number of anilines is 1. The summed E-state index contributed by atoms with van der Waals surface area (Å²) in [5.41, 5.74) is 1.23. The molecule has 1 fully saturated rings. The third kappa shape index (κ3) is 4.62. The zero-order valence-corrected chi connectivity index (χ0v) is 20.4. The van der Waals surface area contributed by atoms with E-state index in [1.54, 1.807) is 42.6 Å². The zero-order valence-electron chi connectivity index (χ0n) is 18.1. The Morgan fingerprint density at radius 3 is 2.54 bits per heavy atom. The average Bonchev–Trinajstić information content (AvgIpc) is 3.18. The molecule has 10 heteroatoms. The fourth-order valence-corrected chi connectivity index (χ4v) is 5.82. The van der Waals surface area contributed by atoms with Gasteiger partial charge < -0.3 is 4.90 Å². The van der Waals surface area contributed by atoms with Crippen LogP contribution in [-0.2, 0) is 14.8 Å². The Kier molecular flexibility index (Phi) is 6.23. The van der Waals surface area contributed by atoms with Crippen molar-refractivity contribution in [2.75, 3.05) is 11.4 Å². The smallest absolute Gasteiger partial charge is 0.245 e. The number of aromatic nitrogens is 1. The van der Waals surface area contributed by atoms with Gasteiger partial charge in [-0.15, -0.1) is 0 Å². The lowest BCUT2D eigenvalue weighted by Gasteiger charge is -2.19. The summed E-state index contributed by atoms with van der Waals surface area (Å²) >= 11 is 12.1. The summed E-state index contributed by atoms with van der Waals surface area (Å²) < 4.78 is 43.4. The maximum Gasteiger partial charge on any atom is 0.245 e. The molecule has 0 spiro atoms. The predicted octanol–water partition coefficient (Wildman–Crippen LogP) is 5.43. The number of nitrogens with one attached hydrogen (secondary N) is 1. The molecule has 6 nitrogen and oxygen atoms in total. The van der Waals surface area contributed by atoms with Crippen LogP contribution in [0.25, 0.3) is 21.9 Å². The van der Waals surface area contributed by atoms with Gasteiger partial charge in [0.05, 0.1) is 15.6 Å². The molecule has 0 bridgehead atoms. The van der Waals surface area contributed by atoms with Gasteiger partial charge in [-0.3, -0.25) is 9.78 Å². The monoisotopic (exact) mass is 529 g/mol. The van der Waals surface area contributed by atoms with Gasteiger partial charge in [0.25, 0.3) is 0 Å². The van der Waals surface area contributed by atoms with Crippen LogP contribution in [0.15, 0.2) is 78.0 Å². The Balaban J connectivity index is 1.36. The molecule has 35 heavy (non-hydrogen) atoms. The molecule has 1 unspecified atom stereocenters. The van der Waals surface area contributed by atoms with E-state index in [9.17, 15) is 17.6 Å². The number of carbonyl (C=O) groups excluding carboxylic acids is 1. The van der Waals surface area contributed by atoms with E-state index in [-0.39, 0.29) is 23.5 Å². The Bertz CT molecular complexity index is 1580. The summed E-state index contributed by atoms with van der Waals surface area (Å²) in [5, 5.41) is 2.43. The summed E-state index contributed by atoms with van der Waals surface area (Å²) in [6.07, 6.45) is 3.23. The highest BCUT2D eigenvalue weighted by Gasteiger charge is 2.36. The van der Waals surface area contributed by atoms with Gasteiger partial charge in [-0.25, -0.2) is 12.8 Å². The van der Waals surface area contributed by atoms with Gasteiger partial charge in [0.15, 0.2) is 0 Å². The molecular formula is C25H18Cl2FN3O3S. The molecule has 1 aliphatic rings. The van der Waals surface area contributed by atoms with E-state index in [0.717, 1.165) is 5.39 Å². The minimum atomic E-state index is -3.99. The second kappa shape index (κ2) is 9.20. The Labute approximate surface area is 211 Å². The van der Waals surface area contributed by atoms with Gasteiger partial charge in [0, 0.05) is 29.5 Å². The first-order valence-corrected chi connectivity index (χ1v) is 12.9. The number of pyridine rings is 1. The highest BCUT2D eigenvalue weighted by molar-refractivity contribution is 7.89. The molecule has 2 heterocycles. The van der Waals surface area contributed by atoms with Crippen LogP contribution in [0.3, 0.4) is 0 Å². The summed E-state index contributed by atoms with van der Waals surface area (Å²) in [6.45, 7) is 0.175. The normalized spacial score (nSPS) is 16.3. The van der Waals surface area contributed by atoms with E-state index in [0.29, 0.717) is 26.6 Å². The van der Waals surface area contributed by atoms with E-state index in [1.165, 1.54) is 35.4 Å². The number of rotatable bonds is 5. The Hall–Kier alpha value is -3.04. The number of hydrogen-bond donors (Lipinski definition) is 1. The van der Waals surface area contributed by atoms with E-state index in [2.05, 4.69) is 9.71 Å². The van der Waals surface area contributed by atoms with Crippen molar-refractivity contribution in [3.63, 3.8) is 0 Å². The Morgan fingerprint density at radius 1 is 1.00 bits per heavy atom. The molecule has 0 radical (unpaired) electrons. The molecule has 1 atom stereocenters. The summed E-state index contributed by atoms with van der Waals surface area (Å²) in [7, 11) is -3.99. The highest BCUT2D eigenvalue weighted by atomic mass is 35.5. The molecule has 1 saturated heterocycles. The van der Waals surface area contributed by atoms with Gasteiger partial charge in [0.1, 0.15) is 11.9 Å². The van der Waals surface area contributed by atoms with E-state index in [4.69, 9.17) is 23.2 Å². The first-order chi connectivity index (χ1) is 16.7. The van der Waals surface area contributed by atoms with Gasteiger partial charge in [-0.1, -0.05) is 41.4 Å². The minimum absolute atomic E-state index is 0.0309. The number of hydrogen-bond acceptors (Lipinski definition) is 4. The van der Waals surface area contributed by atoms with Crippen LogP contribution in [0, 0.1) is 5.82 Å². The van der Waals surface area contributed by atoms with Crippen molar-refractivity contribution in [3.05, 3.63) is 88.9 Å². The van der Waals surface area contributed by atoms with Crippen molar-refractivity contribution in [1.29, 1.82) is 0 Å². The number of halogens is 3. The van der Waals surface area contributed by atoms with Crippen molar-refractivity contribution >= 4 is 55.6 Å². The number of nitrogens with zero attached hydrogens (tertiary/aromatic N) is 2. The lowest BCUT2D eigenvalue weighted by molar-refractivity contribution is -0.118. The van der Waals surface area contributed by atoms with Gasteiger partial charge >= 0.3 is 0 Å². The maximum absolute atomic E-state index is 15.0. The molecule has 4 aromatic rings. The van der Waals surface area contributed by atoms with Crippen molar-refractivity contribution < 1.29 is 17.6 Å². The highest BCUT2D eigenvalue weighted by Crippen LogP contribution is 2.32.